The summed E-state index contributed by atoms with van der Waals surface area (Å²) < 4.78 is 35.6. The molecule has 0 aliphatic carbocycles. The van der Waals surface area contributed by atoms with Crippen LogP contribution >= 0.6 is 0 Å². The Balaban J connectivity index is -0.000000503. The molecule has 0 aromatic carbocycles. The van der Waals surface area contributed by atoms with E-state index in [9.17, 15) is 4.79 Å². The molecule has 238 valence electrons. The molecule has 0 aromatic rings. The van der Waals surface area contributed by atoms with Gasteiger partial charge in [0, 0.05) is 34.7 Å². The minimum Gasteiger partial charge on any atom is -0.460 e. The molecule has 0 heterocycles. The van der Waals surface area contributed by atoms with E-state index in [2.05, 4.69) is 20.8 Å². The number of esters is 1. The van der Waals surface area contributed by atoms with E-state index in [4.69, 9.17) is 53.6 Å². The maximum Gasteiger partial charge on any atom is 0.302 e. The summed E-state index contributed by atoms with van der Waals surface area (Å²) in [6, 6.07) is 0. The maximum atomic E-state index is 10.5. The van der Waals surface area contributed by atoms with Crippen molar-refractivity contribution >= 4 is 5.97 Å². The van der Waals surface area contributed by atoms with Gasteiger partial charge in [-0.05, 0) is 24.7 Å². The van der Waals surface area contributed by atoms with Gasteiger partial charge in [-0.1, -0.05) is 41.5 Å². The summed E-state index contributed by atoms with van der Waals surface area (Å²) in [5.41, 5.74) is 0.175. The third kappa shape index (κ3) is 27.0. The van der Waals surface area contributed by atoms with Crippen molar-refractivity contribution in [3.05, 3.63) is 0 Å². The average molecular weight is 575 g/mol. The summed E-state index contributed by atoms with van der Waals surface area (Å²) in [5.74, 6) is -0.382. The molecular formula is C27H58O12. The Morgan fingerprint density at radius 3 is 1.26 bits per heavy atom. The lowest BCUT2D eigenvalue weighted by molar-refractivity contribution is -0.193. The molecule has 39 heavy (non-hydrogen) atoms. The quantitative estimate of drug-likeness (QED) is 0.132. The van der Waals surface area contributed by atoms with E-state index >= 15 is 0 Å². The predicted octanol–water partition coefficient (Wildman–Crippen LogP) is 2.23. The molecule has 6 unspecified atom stereocenters. The fourth-order valence-electron chi connectivity index (χ4n) is 2.66. The molecule has 0 saturated heterocycles. The molecule has 0 aliphatic rings. The summed E-state index contributed by atoms with van der Waals surface area (Å²) >= 11 is 0. The number of ether oxygens (including phenoxy) is 7. The first-order chi connectivity index (χ1) is 18.3. The van der Waals surface area contributed by atoms with E-state index < -0.39 is 12.6 Å². The first-order valence-electron chi connectivity index (χ1n) is 13.5. The molecule has 12 nitrogen and oxygen atoms in total. The fourth-order valence-corrected chi connectivity index (χ4v) is 2.66. The topological polar surface area (TPSA) is 163 Å². The van der Waals surface area contributed by atoms with Crippen molar-refractivity contribution in [1.29, 1.82) is 0 Å². The molecule has 0 fully saturated rings. The summed E-state index contributed by atoms with van der Waals surface area (Å²) in [4.78, 5) is 10.5. The third-order valence-corrected chi connectivity index (χ3v) is 5.15. The van der Waals surface area contributed by atoms with Crippen LogP contribution in [0.5, 0.6) is 0 Å². The van der Waals surface area contributed by atoms with Gasteiger partial charge in [0.2, 0.25) is 0 Å². The van der Waals surface area contributed by atoms with Crippen LogP contribution < -0.4 is 0 Å². The number of methoxy groups -OCH3 is 3. The number of hydrogen-bond acceptors (Lipinski definition) is 12. The molecule has 0 amide bonds. The molecule has 4 N–H and O–H groups in total. The van der Waals surface area contributed by atoms with E-state index in [1.807, 2.05) is 20.8 Å². The molecule has 0 aliphatic heterocycles. The van der Waals surface area contributed by atoms with Gasteiger partial charge in [0.05, 0.1) is 44.7 Å². The predicted molar refractivity (Wildman–Crippen MR) is 147 cm³/mol. The molecule has 0 saturated carbocycles. The summed E-state index contributed by atoms with van der Waals surface area (Å²) in [5, 5.41) is 35.2. The molecule has 12 heteroatoms. The zero-order chi connectivity index (χ0) is 30.9. The molecule has 6 atom stereocenters. The van der Waals surface area contributed by atoms with Gasteiger partial charge in [0.15, 0.2) is 18.9 Å². The van der Waals surface area contributed by atoms with Crippen LogP contribution in [0.4, 0.5) is 0 Å². The molecule has 0 bridgehead atoms. The zero-order valence-corrected chi connectivity index (χ0v) is 25.9. The highest BCUT2D eigenvalue weighted by Crippen LogP contribution is 2.23. The highest BCUT2D eigenvalue weighted by molar-refractivity contribution is 5.65. The van der Waals surface area contributed by atoms with E-state index in [1.165, 1.54) is 21.1 Å². The highest BCUT2D eigenvalue weighted by Gasteiger charge is 2.21. The number of hydrogen-bond donors (Lipinski definition) is 4. The van der Waals surface area contributed by atoms with E-state index in [1.54, 1.807) is 7.11 Å². The molecular weight excluding hydrogens is 516 g/mol. The molecule has 0 spiro atoms. The van der Waals surface area contributed by atoms with Gasteiger partial charge >= 0.3 is 5.97 Å². The normalized spacial score (nSPS) is 15.9. The summed E-state index contributed by atoms with van der Waals surface area (Å²) in [7, 11) is 4.55. The second-order valence-electron chi connectivity index (χ2n) is 9.79. The number of carbonyl (C=O) groups excluding carboxylic acids is 1. The SMILES string of the molecule is CCC(CO)OC(CC(C)(C)C)OC.CCC(CO)OC(CO)OC.CCC(CO)OC(COC(C)=O)OC. The smallest absolute Gasteiger partial charge is 0.302 e. The van der Waals surface area contributed by atoms with Crippen LogP contribution in [0.3, 0.4) is 0 Å². The largest absolute Gasteiger partial charge is 0.460 e. The fraction of sp³-hybridized carbons (Fsp3) is 0.963. The van der Waals surface area contributed by atoms with Crippen LogP contribution in [0.2, 0.25) is 0 Å². The van der Waals surface area contributed by atoms with Crippen molar-refractivity contribution in [1.82, 2.24) is 0 Å². The Morgan fingerprint density at radius 1 is 0.641 bits per heavy atom. The Hall–Kier alpha value is -0.930. The average Bonchev–Trinajstić information content (AvgIpc) is 2.92. The van der Waals surface area contributed by atoms with Crippen LogP contribution in [-0.2, 0) is 38.0 Å². The van der Waals surface area contributed by atoms with Gasteiger partial charge < -0.3 is 53.6 Å². The van der Waals surface area contributed by atoms with E-state index in [-0.39, 0.29) is 69.0 Å². The minimum absolute atomic E-state index is 0.0440. The van der Waals surface area contributed by atoms with Crippen LogP contribution in [0, 0.1) is 5.41 Å². The van der Waals surface area contributed by atoms with Gasteiger partial charge in [-0.15, -0.1) is 0 Å². The summed E-state index contributed by atoms with van der Waals surface area (Å²) in [6.45, 7) is 13.3. The van der Waals surface area contributed by atoms with Crippen LogP contribution in [0.25, 0.3) is 0 Å². The third-order valence-electron chi connectivity index (χ3n) is 5.15. The Kier molecular flexibility index (Phi) is 29.7. The first-order valence-corrected chi connectivity index (χ1v) is 13.5. The van der Waals surface area contributed by atoms with Crippen molar-refractivity contribution in [3.63, 3.8) is 0 Å². The van der Waals surface area contributed by atoms with Crippen molar-refractivity contribution in [2.45, 2.75) is 111 Å². The number of aliphatic hydroxyl groups excluding tert-OH is 4. The molecule has 0 radical (unpaired) electrons. The number of rotatable bonds is 19. The van der Waals surface area contributed by atoms with Crippen molar-refractivity contribution in [2.75, 3.05) is 54.4 Å². The van der Waals surface area contributed by atoms with Crippen LogP contribution in [-0.4, -0.2) is 118 Å². The maximum absolute atomic E-state index is 10.5. The Morgan fingerprint density at radius 2 is 1.00 bits per heavy atom. The standard InChI is InChI=1S/C11H24O3.C9H18O5.C7H16O4/c1-6-9(8-12)14-10(13-5)7-11(2,3)4;1-4-8(5-10)14-9(12-3)6-13-7(2)11;1-3-6(4-8)11-7(5-9)10-2/h9-10,12H,6-8H2,1-5H3;8-10H,4-6H2,1-3H3;6-9H,3-5H2,1-2H3. The molecule has 0 aromatic heterocycles. The highest BCUT2D eigenvalue weighted by atomic mass is 16.7. The lowest BCUT2D eigenvalue weighted by Gasteiger charge is -2.27. The first kappa shape index (κ1) is 42.5. The Labute approximate surface area is 235 Å². The van der Waals surface area contributed by atoms with Gasteiger partial charge in [0.1, 0.15) is 6.61 Å². The van der Waals surface area contributed by atoms with Gasteiger partial charge in [0.25, 0.3) is 0 Å². The molecule has 0 rings (SSSR count). The van der Waals surface area contributed by atoms with E-state index in [0.717, 1.165) is 12.8 Å². The summed E-state index contributed by atoms with van der Waals surface area (Å²) in [6.07, 6.45) is 0.938. The lowest BCUT2D eigenvalue weighted by Crippen LogP contribution is -2.30. The number of aliphatic hydroxyl groups is 4. The van der Waals surface area contributed by atoms with Crippen molar-refractivity contribution < 1.29 is 58.4 Å². The second kappa shape index (κ2) is 27.3. The minimum atomic E-state index is -0.618. The van der Waals surface area contributed by atoms with Crippen LogP contribution in [0.15, 0.2) is 0 Å². The second-order valence-corrected chi connectivity index (χ2v) is 9.79. The van der Waals surface area contributed by atoms with Crippen molar-refractivity contribution in [2.24, 2.45) is 5.41 Å². The van der Waals surface area contributed by atoms with Gasteiger partial charge in [-0.3, -0.25) is 4.79 Å². The van der Waals surface area contributed by atoms with Gasteiger partial charge in [-0.25, -0.2) is 0 Å². The van der Waals surface area contributed by atoms with E-state index in [0.29, 0.717) is 12.8 Å². The lowest BCUT2D eigenvalue weighted by atomic mass is 9.92. The van der Waals surface area contributed by atoms with Crippen molar-refractivity contribution in [3.8, 4) is 0 Å². The zero-order valence-electron chi connectivity index (χ0n) is 25.9. The Bertz CT molecular complexity index is 503. The monoisotopic (exact) mass is 574 g/mol. The van der Waals surface area contributed by atoms with Gasteiger partial charge in [-0.2, -0.15) is 0 Å². The number of carbonyl (C=O) groups is 1. The van der Waals surface area contributed by atoms with Crippen LogP contribution in [0.1, 0.15) is 74.1 Å².